The molecule has 1 amide bonds. The van der Waals surface area contributed by atoms with Crippen molar-refractivity contribution in [1.29, 1.82) is 0 Å². The highest BCUT2D eigenvalue weighted by atomic mass is 16.5. The van der Waals surface area contributed by atoms with E-state index in [1.165, 1.54) is 12.8 Å². The zero-order chi connectivity index (χ0) is 19.5. The van der Waals surface area contributed by atoms with E-state index >= 15 is 0 Å². The maximum Gasteiger partial charge on any atom is 0.404 e. The van der Waals surface area contributed by atoms with E-state index < -0.39 is 6.09 Å². The van der Waals surface area contributed by atoms with Crippen molar-refractivity contribution in [2.75, 3.05) is 13.2 Å². The summed E-state index contributed by atoms with van der Waals surface area (Å²) >= 11 is 0. The topological polar surface area (TPSA) is 85.1 Å². The molecule has 0 unspecified atom stereocenters. The van der Waals surface area contributed by atoms with E-state index in [2.05, 4.69) is 10.4 Å². The lowest BCUT2D eigenvalue weighted by Gasteiger charge is -2.13. The summed E-state index contributed by atoms with van der Waals surface area (Å²) in [6.45, 7) is 2.80. The quantitative estimate of drug-likeness (QED) is 0.619. The van der Waals surface area contributed by atoms with Crippen LogP contribution in [-0.2, 0) is 0 Å². The highest BCUT2D eigenvalue weighted by Crippen LogP contribution is 2.30. The molecule has 0 aliphatic heterocycles. The van der Waals surface area contributed by atoms with Gasteiger partial charge in [-0.2, -0.15) is 5.10 Å². The highest BCUT2D eigenvalue weighted by Gasteiger charge is 2.22. The van der Waals surface area contributed by atoms with Crippen molar-refractivity contribution in [3.8, 4) is 22.8 Å². The Labute approximate surface area is 162 Å². The fraction of sp³-hybridized carbons (Fsp3) is 0.333. The van der Waals surface area contributed by atoms with Gasteiger partial charge in [-0.05, 0) is 68.1 Å². The Morgan fingerprint density at radius 1 is 1.21 bits per heavy atom. The molecule has 7 nitrogen and oxygen atoms in total. The third-order valence-corrected chi connectivity index (χ3v) is 4.64. The summed E-state index contributed by atoms with van der Waals surface area (Å²) in [6, 6.07) is 13.3. The molecule has 0 radical (unpaired) electrons. The first-order valence-corrected chi connectivity index (χ1v) is 9.42. The molecule has 0 bridgehead atoms. The number of benzene rings is 1. The molecule has 7 heteroatoms. The van der Waals surface area contributed by atoms with E-state index in [0.29, 0.717) is 11.7 Å². The summed E-state index contributed by atoms with van der Waals surface area (Å²) < 4.78 is 13.3. The number of carboxylic acid groups (broad SMARTS) is 1. The summed E-state index contributed by atoms with van der Waals surface area (Å²) in [4.78, 5) is 10.6. The molecular weight excluding hydrogens is 358 g/mol. The third kappa shape index (κ3) is 4.54. The molecule has 1 aliphatic carbocycles. The predicted molar refractivity (Wildman–Crippen MR) is 105 cm³/mol. The molecule has 0 spiro atoms. The van der Waals surface area contributed by atoms with E-state index in [4.69, 9.17) is 14.6 Å². The maximum absolute atomic E-state index is 10.6. The number of pyridine rings is 1. The van der Waals surface area contributed by atoms with Crippen LogP contribution >= 0.6 is 0 Å². The smallest absolute Gasteiger partial charge is 0.404 e. The molecule has 1 atom stereocenters. The van der Waals surface area contributed by atoms with Crippen molar-refractivity contribution >= 4 is 11.6 Å². The largest absolute Gasteiger partial charge is 0.492 e. The average molecular weight is 381 g/mol. The number of hydrogen-bond donors (Lipinski definition) is 2. The molecule has 3 aromatic rings. The van der Waals surface area contributed by atoms with E-state index in [0.717, 1.165) is 29.1 Å². The first kappa shape index (κ1) is 18.2. The molecule has 1 saturated carbocycles. The number of carbonyl (C=O) groups is 1. The summed E-state index contributed by atoms with van der Waals surface area (Å²) in [6.07, 6.45) is 3.39. The second-order valence-electron chi connectivity index (χ2n) is 7.20. The van der Waals surface area contributed by atoms with Gasteiger partial charge in [0.25, 0.3) is 0 Å². The van der Waals surface area contributed by atoms with Crippen LogP contribution in [0.15, 0.2) is 48.7 Å². The van der Waals surface area contributed by atoms with Crippen LogP contribution < -0.4 is 14.8 Å². The van der Waals surface area contributed by atoms with E-state index in [-0.39, 0.29) is 12.6 Å². The van der Waals surface area contributed by atoms with Gasteiger partial charge in [-0.1, -0.05) is 0 Å². The summed E-state index contributed by atoms with van der Waals surface area (Å²) in [5, 5.41) is 15.7. The fourth-order valence-corrected chi connectivity index (χ4v) is 2.89. The lowest BCUT2D eigenvalue weighted by atomic mass is 10.1. The SMILES string of the molecule is C[C@@H](COc1ccc(-c2cc3ccc(OCC4CC4)cn3n2)cc1)NC(=O)O. The lowest BCUT2D eigenvalue weighted by Crippen LogP contribution is -2.35. The molecule has 0 saturated heterocycles. The molecule has 28 heavy (non-hydrogen) atoms. The summed E-state index contributed by atoms with van der Waals surface area (Å²) in [5.74, 6) is 2.23. The minimum absolute atomic E-state index is 0.268. The third-order valence-electron chi connectivity index (χ3n) is 4.64. The van der Waals surface area contributed by atoms with Gasteiger partial charge in [0, 0.05) is 5.56 Å². The van der Waals surface area contributed by atoms with Gasteiger partial charge in [0.15, 0.2) is 0 Å². The molecule has 2 aromatic heterocycles. The Balaban J connectivity index is 1.41. The van der Waals surface area contributed by atoms with Crippen LogP contribution in [0.4, 0.5) is 4.79 Å². The zero-order valence-corrected chi connectivity index (χ0v) is 15.7. The lowest BCUT2D eigenvalue weighted by molar-refractivity contribution is 0.183. The van der Waals surface area contributed by atoms with Gasteiger partial charge in [0.1, 0.15) is 18.1 Å². The van der Waals surface area contributed by atoms with E-state index in [1.807, 2.05) is 53.2 Å². The standard InChI is InChI=1S/C21H23N3O4/c1-14(22-21(25)26)12-27-18-7-4-16(5-8-18)20-10-17-6-9-19(11-24(17)23-20)28-13-15-2-3-15/h4-11,14-15,22H,2-3,12-13H2,1H3,(H,25,26)/t14-/m0/s1. The zero-order valence-electron chi connectivity index (χ0n) is 15.7. The Bertz CT molecular complexity index is 963. The minimum Gasteiger partial charge on any atom is -0.492 e. The minimum atomic E-state index is -1.06. The molecule has 4 rings (SSSR count). The maximum atomic E-state index is 10.6. The number of ether oxygens (including phenoxy) is 2. The number of hydrogen-bond acceptors (Lipinski definition) is 4. The van der Waals surface area contributed by atoms with Gasteiger partial charge in [-0.3, -0.25) is 0 Å². The van der Waals surface area contributed by atoms with Gasteiger partial charge in [0.2, 0.25) is 0 Å². The van der Waals surface area contributed by atoms with Crippen LogP contribution in [-0.4, -0.2) is 40.1 Å². The van der Waals surface area contributed by atoms with Crippen molar-refractivity contribution in [3.05, 3.63) is 48.7 Å². The highest BCUT2D eigenvalue weighted by molar-refractivity contribution is 5.67. The van der Waals surface area contributed by atoms with Gasteiger partial charge in [0.05, 0.1) is 30.1 Å². The molecular formula is C21H23N3O4. The van der Waals surface area contributed by atoms with Crippen molar-refractivity contribution in [2.24, 2.45) is 5.92 Å². The number of amides is 1. The number of aromatic nitrogens is 2. The first-order valence-electron chi connectivity index (χ1n) is 9.42. The first-order chi connectivity index (χ1) is 13.6. The summed E-state index contributed by atoms with van der Waals surface area (Å²) in [5.41, 5.74) is 2.85. The van der Waals surface area contributed by atoms with E-state index in [1.54, 1.807) is 6.92 Å². The van der Waals surface area contributed by atoms with Crippen molar-refractivity contribution < 1.29 is 19.4 Å². The number of nitrogens with one attached hydrogen (secondary N) is 1. The molecule has 2 heterocycles. The molecule has 1 fully saturated rings. The van der Waals surface area contributed by atoms with Crippen LogP contribution in [0.5, 0.6) is 11.5 Å². The normalized spacial score (nSPS) is 14.6. The van der Waals surface area contributed by atoms with Crippen molar-refractivity contribution in [3.63, 3.8) is 0 Å². The Morgan fingerprint density at radius 2 is 1.96 bits per heavy atom. The van der Waals surface area contributed by atoms with Gasteiger partial charge in [-0.25, -0.2) is 9.31 Å². The molecule has 1 aliphatic rings. The summed E-state index contributed by atoms with van der Waals surface area (Å²) in [7, 11) is 0. The molecule has 2 N–H and O–H groups in total. The van der Waals surface area contributed by atoms with Crippen LogP contribution in [0.2, 0.25) is 0 Å². The van der Waals surface area contributed by atoms with E-state index in [9.17, 15) is 4.79 Å². The molecule has 1 aromatic carbocycles. The Morgan fingerprint density at radius 3 is 2.68 bits per heavy atom. The van der Waals surface area contributed by atoms with Crippen LogP contribution in [0.25, 0.3) is 16.8 Å². The van der Waals surface area contributed by atoms with Crippen LogP contribution in [0, 0.1) is 5.92 Å². The second-order valence-corrected chi connectivity index (χ2v) is 7.20. The van der Waals surface area contributed by atoms with Gasteiger partial charge in [-0.15, -0.1) is 0 Å². The number of nitrogens with zero attached hydrogens (tertiary/aromatic N) is 2. The Kier molecular flexibility index (Phi) is 5.06. The number of fused-ring (bicyclic) bond motifs is 1. The number of rotatable bonds is 8. The van der Waals surface area contributed by atoms with Gasteiger partial charge < -0.3 is 19.9 Å². The second kappa shape index (κ2) is 7.80. The monoisotopic (exact) mass is 381 g/mol. The van der Waals surface area contributed by atoms with Gasteiger partial charge >= 0.3 is 6.09 Å². The van der Waals surface area contributed by atoms with Crippen molar-refractivity contribution in [1.82, 2.24) is 14.9 Å². The predicted octanol–water partition coefficient (Wildman–Crippen LogP) is 3.83. The van der Waals surface area contributed by atoms with Crippen LogP contribution in [0.3, 0.4) is 0 Å². The van der Waals surface area contributed by atoms with Crippen molar-refractivity contribution in [2.45, 2.75) is 25.8 Å². The average Bonchev–Trinajstić information content (AvgIpc) is 3.41. The molecule has 146 valence electrons. The van der Waals surface area contributed by atoms with Crippen LogP contribution in [0.1, 0.15) is 19.8 Å². The fourth-order valence-electron chi connectivity index (χ4n) is 2.89. The Hall–Kier alpha value is -3.22.